The molecule has 0 saturated carbocycles. The lowest BCUT2D eigenvalue weighted by Gasteiger charge is -2.11. The van der Waals surface area contributed by atoms with E-state index in [0.29, 0.717) is 0 Å². The summed E-state index contributed by atoms with van der Waals surface area (Å²) in [5.74, 6) is -10.2. The van der Waals surface area contributed by atoms with Crippen LogP contribution in [0.5, 0.6) is 17.2 Å². The van der Waals surface area contributed by atoms with E-state index < -0.39 is 51.8 Å². The van der Waals surface area contributed by atoms with Crippen LogP contribution in [-0.4, -0.2) is 48.5 Å². The summed E-state index contributed by atoms with van der Waals surface area (Å²) in [5.41, 5.74) is -3.95. The van der Waals surface area contributed by atoms with Gasteiger partial charge in [-0.05, 0) is 0 Å². The molecule has 1 aromatic rings. The number of rotatable bonds is 6. The lowest BCUT2D eigenvalue weighted by Crippen LogP contribution is -2.10. The maximum atomic E-state index is 10.7. The van der Waals surface area contributed by atoms with Gasteiger partial charge in [0.25, 0.3) is 0 Å². The highest BCUT2D eigenvalue weighted by atomic mass is 16.4. The van der Waals surface area contributed by atoms with Crippen molar-refractivity contribution in [3.8, 4) is 17.2 Å². The van der Waals surface area contributed by atoms with E-state index in [9.17, 15) is 29.7 Å². The number of unbranched alkanes of at least 4 members (excludes halogenated alkanes) is 3. The van der Waals surface area contributed by atoms with Crippen LogP contribution in [0.15, 0.2) is 0 Å². The minimum absolute atomic E-state index is 1.32. The van der Waals surface area contributed by atoms with Gasteiger partial charge in [0.05, 0.1) is 0 Å². The smallest absolute Gasteiger partial charge is 0.343 e. The molecule has 0 amide bonds. The van der Waals surface area contributed by atoms with E-state index in [1.165, 1.54) is 25.7 Å². The van der Waals surface area contributed by atoms with Gasteiger partial charge in [0.1, 0.15) is 16.7 Å². The van der Waals surface area contributed by atoms with Gasteiger partial charge >= 0.3 is 17.9 Å². The number of carbonyl (C=O) groups is 3. The van der Waals surface area contributed by atoms with Crippen molar-refractivity contribution in [1.29, 1.82) is 0 Å². The van der Waals surface area contributed by atoms with Crippen molar-refractivity contribution in [3.63, 3.8) is 0 Å². The fraction of sp³-hybridized carbons (Fsp3) is 0.400. The van der Waals surface area contributed by atoms with Crippen LogP contribution in [0.3, 0.4) is 0 Å². The molecule has 1 rings (SSSR count). The molecule has 0 fully saturated rings. The highest BCUT2D eigenvalue weighted by Crippen LogP contribution is 2.41. The zero-order chi connectivity index (χ0) is 19.0. The summed E-state index contributed by atoms with van der Waals surface area (Å²) in [6.45, 7) is 4.46. The summed E-state index contributed by atoms with van der Waals surface area (Å²) in [4.78, 5) is 32.1. The van der Waals surface area contributed by atoms with Gasteiger partial charge in [0.15, 0.2) is 17.2 Å². The quantitative estimate of drug-likeness (QED) is 0.424. The molecule has 0 aliphatic rings. The molecule has 0 bridgehead atoms. The van der Waals surface area contributed by atoms with Crippen molar-refractivity contribution in [2.24, 2.45) is 0 Å². The van der Waals surface area contributed by atoms with E-state index in [-0.39, 0.29) is 0 Å². The van der Waals surface area contributed by atoms with Crippen molar-refractivity contribution in [3.05, 3.63) is 16.7 Å². The fourth-order valence-electron chi connectivity index (χ4n) is 1.82. The lowest BCUT2D eigenvalue weighted by molar-refractivity contribution is 0.0684. The van der Waals surface area contributed by atoms with Gasteiger partial charge in [-0.25, -0.2) is 14.4 Å². The molecule has 24 heavy (non-hydrogen) atoms. The Balaban J connectivity index is 0.000000754. The Morgan fingerprint density at radius 1 is 0.625 bits per heavy atom. The third-order valence-electron chi connectivity index (χ3n) is 3.02. The highest BCUT2D eigenvalue weighted by molar-refractivity contribution is 6.09. The summed E-state index contributed by atoms with van der Waals surface area (Å²) >= 11 is 0. The first-order valence-corrected chi connectivity index (χ1v) is 7.12. The number of carboxylic acids is 3. The van der Waals surface area contributed by atoms with Crippen molar-refractivity contribution in [2.45, 2.75) is 39.5 Å². The highest BCUT2D eigenvalue weighted by Gasteiger charge is 2.33. The molecule has 6 N–H and O–H groups in total. The molecule has 0 spiro atoms. The summed E-state index contributed by atoms with van der Waals surface area (Å²) in [6.07, 6.45) is 5.54. The second kappa shape index (κ2) is 9.23. The van der Waals surface area contributed by atoms with Crippen LogP contribution in [-0.2, 0) is 0 Å². The van der Waals surface area contributed by atoms with E-state index in [0.717, 1.165) is 0 Å². The van der Waals surface area contributed by atoms with E-state index in [1.54, 1.807) is 0 Å². The Hall–Kier alpha value is -2.97. The van der Waals surface area contributed by atoms with Gasteiger partial charge in [-0.1, -0.05) is 39.5 Å². The topological polar surface area (TPSA) is 173 Å². The van der Waals surface area contributed by atoms with E-state index in [4.69, 9.17) is 15.3 Å². The molecular formula is C15H20O9. The summed E-state index contributed by atoms with van der Waals surface area (Å²) in [6, 6.07) is 0. The fourth-order valence-corrected chi connectivity index (χ4v) is 1.82. The van der Waals surface area contributed by atoms with Crippen LogP contribution in [0.1, 0.15) is 70.6 Å². The largest absolute Gasteiger partial charge is 0.506 e. The standard InChI is InChI=1S/C9H6O9.C6H14/c10-4-1(7(13)14)5(11)3(9(17)18)6(12)2(4)8(15)16;1-3-5-6-4-2/h10-12H,(H,13,14)(H,15,16)(H,17,18);3-6H2,1-2H3. The first-order valence-electron chi connectivity index (χ1n) is 7.12. The number of aromatic carboxylic acids is 3. The number of hydrogen-bond acceptors (Lipinski definition) is 6. The zero-order valence-corrected chi connectivity index (χ0v) is 13.2. The van der Waals surface area contributed by atoms with Crippen molar-refractivity contribution < 1.29 is 45.0 Å². The first kappa shape index (κ1) is 21.0. The van der Waals surface area contributed by atoms with Gasteiger partial charge < -0.3 is 30.6 Å². The normalized spacial score (nSPS) is 9.75. The number of benzene rings is 1. The average molecular weight is 344 g/mol. The molecular weight excluding hydrogens is 324 g/mol. The second-order valence-electron chi connectivity index (χ2n) is 4.79. The second-order valence-corrected chi connectivity index (χ2v) is 4.79. The van der Waals surface area contributed by atoms with Crippen molar-refractivity contribution in [1.82, 2.24) is 0 Å². The first-order chi connectivity index (χ1) is 11.1. The molecule has 1 aromatic carbocycles. The molecule has 134 valence electrons. The molecule has 0 aliphatic heterocycles. The Kier molecular flexibility index (Phi) is 8.09. The third-order valence-corrected chi connectivity index (χ3v) is 3.02. The minimum Gasteiger partial charge on any atom is -0.506 e. The van der Waals surface area contributed by atoms with Crippen LogP contribution in [0.4, 0.5) is 0 Å². The number of aromatic hydroxyl groups is 3. The maximum absolute atomic E-state index is 10.7. The Bertz CT molecular complexity index is 528. The van der Waals surface area contributed by atoms with Gasteiger partial charge in [0, 0.05) is 0 Å². The third kappa shape index (κ3) is 4.77. The zero-order valence-electron chi connectivity index (χ0n) is 13.2. The molecule has 9 nitrogen and oxygen atoms in total. The van der Waals surface area contributed by atoms with Crippen molar-refractivity contribution in [2.75, 3.05) is 0 Å². The van der Waals surface area contributed by atoms with Gasteiger partial charge in [0.2, 0.25) is 0 Å². The lowest BCUT2D eigenvalue weighted by atomic mass is 10.0. The maximum Gasteiger partial charge on any atom is 0.343 e. The van der Waals surface area contributed by atoms with Crippen LogP contribution in [0, 0.1) is 0 Å². The SMILES string of the molecule is CCCCCC.O=C(O)c1c(O)c(C(=O)O)c(O)c(C(=O)O)c1O. The molecule has 0 radical (unpaired) electrons. The minimum atomic E-state index is -1.95. The molecule has 0 atom stereocenters. The van der Waals surface area contributed by atoms with Crippen molar-refractivity contribution >= 4 is 17.9 Å². The molecule has 9 heteroatoms. The number of hydrogen-bond donors (Lipinski definition) is 6. The molecule has 0 heterocycles. The van der Waals surface area contributed by atoms with Crippen LogP contribution >= 0.6 is 0 Å². The summed E-state index contributed by atoms with van der Waals surface area (Å²) in [7, 11) is 0. The summed E-state index contributed by atoms with van der Waals surface area (Å²) < 4.78 is 0. The summed E-state index contributed by atoms with van der Waals surface area (Å²) in [5, 5.41) is 54.0. The number of carboxylic acid groups (broad SMARTS) is 3. The van der Waals surface area contributed by atoms with Gasteiger partial charge in [-0.3, -0.25) is 0 Å². The monoisotopic (exact) mass is 344 g/mol. The molecule has 0 unspecified atom stereocenters. The average Bonchev–Trinajstić information content (AvgIpc) is 2.44. The Labute approximate surface area is 137 Å². The van der Waals surface area contributed by atoms with E-state index in [1.807, 2.05) is 0 Å². The van der Waals surface area contributed by atoms with Crippen LogP contribution < -0.4 is 0 Å². The van der Waals surface area contributed by atoms with Gasteiger partial charge in [-0.2, -0.15) is 0 Å². The van der Waals surface area contributed by atoms with Crippen LogP contribution in [0.25, 0.3) is 0 Å². The van der Waals surface area contributed by atoms with E-state index in [2.05, 4.69) is 13.8 Å². The van der Waals surface area contributed by atoms with E-state index >= 15 is 0 Å². The molecule has 0 saturated heterocycles. The van der Waals surface area contributed by atoms with Gasteiger partial charge in [-0.15, -0.1) is 0 Å². The Morgan fingerprint density at radius 3 is 0.958 bits per heavy atom. The number of phenols is 3. The van der Waals surface area contributed by atoms with Crippen LogP contribution in [0.2, 0.25) is 0 Å². The predicted molar refractivity (Wildman–Crippen MR) is 82.1 cm³/mol. The molecule has 0 aromatic heterocycles. The predicted octanol–water partition coefficient (Wildman–Crippen LogP) is 2.48. The Morgan fingerprint density at radius 2 is 0.833 bits per heavy atom. The molecule has 0 aliphatic carbocycles.